The van der Waals surface area contributed by atoms with Gasteiger partial charge in [0.25, 0.3) is 10.1 Å². The number of anilines is 1. The SMILES string of the molecule is CCNOS(=O)(=O)CCCC[N+]1=C(C=CC=C2N(CCCCS(=O)(=O)[O-])c3ccc(Cl)cc3C2(C)C)C(C)(C)c2cc(Cl)ccc21. The minimum atomic E-state index is -4.27. The number of allylic oxidation sites excluding steroid dienone is 4. The Morgan fingerprint density at radius 2 is 1.57 bits per heavy atom. The van der Waals surface area contributed by atoms with Crippen molar-refractivity contribution in [3.63, 3.8) is 0 Å². The standard InChI is InChI=1S/C33H43Cl2N3O6S2/c1-6-36-44-46(42,43)21-10-8-19-38-29-17-15-25(35)23-27(29)33(4,5)31(38)13-11-12-30-32(2,3)26-22-24(34)14-16-28(26)37(30)18-7-9-20-45(39,40)41/h11-17,22-23,36H,6-10,18-21H2,1-5H3. The normalized spacial score (nSPS) is 18.2. The van der Waals surface area contributed by atoms with Crippen LogP contribution in [0.1, 0.15) is 71.4 Å². The first-order chi connectivity index (χ1) is 21.5. The van der Waals surface area contributed by atoms with Crippen LogP contribution >= 0.6 is 23.2 Å². The molecule has 46 heavy (non-hydrogen) atoms. The highest BCUT2D eigenvalue weighted by molar-refractivity contribution is 7.86. The van der Waals surface area contributed by atoms with Crippen molar-refractivity contribution in [1.82, 2.24) is 5.48 Å². The first-order valence-corrected chi connectivity index (χ1v) is 19.4. The van der Waals surface area contributed by atoms with Gasteiger partial charge in [-0.2, -0.15) is 22.8 Å². The molecular weight excluding hydrogens is 669 g/mol. The summed E-state index contributed by atoms with van der Waals surface area (Å²) >= 11 is 12.8. The van der Waals surface area contributed by atoms with Crippen LogP contribution in [-0.4, -0.2) is 62.8 Å². The van der Waals surface area contributed by atoms with E-state index in [1.807, 2.05) is 42.5 Å². The summed E-state index contributed by atoms with van der Waals surface area (Å²) in [6.45, 7) is 11.9. The molecule has 0 amide bonds. The highest BCUT2D eigenvalue weighted by Crippen LogP contribution is 2.49. The molecule has 0 saturated heterocycles. The van der Waals surface area contributed by atoms with Gasteiger partial charge in [-0.1, -0.05) is 50.0 Å². The fraction of sp³-hybridized carbons (Fsp3) is 0.485. The molecule has 0 aliphatic carbocycles. The Labute approximate surface area is 283 Å². The molecule has 0 aromatic heterocycles. The summed E-state index contributed by atoms with van der Waals surface area (Å²) in [5.41, 5.74) is 7.93. The van der Waals surface area contributed by atoms with Crippen LogP contribution in [0.15, 0.2) is 60.3 Å². The smallest absolute Gasteiger partial charge is 0.283 e. The van der Waals surface area contributed by atoms with Gasteiger partial charge in [0.1, 0.15) is 6.54 Å². The number of hydrogen-bond donors (Lipinski definition) is 1. The van der Waals surface area contributed by atoms with E-state index < -0.39 is 20.2 Å². The molecule has 2 heterocycles. The van der Waals surface area contributed by atoms with E-state index in [-0.39, 0.29) is 28.8 Å². The monoisotopic (exact) mass is 711 g/mol. The quantitative estimate of drug-likeness (QED) is 0.0952. The fourth-order valence-electron chi connectivity index (χ4n) is 6.30. The third-order valence-electron chi connectivity index (χ3n) is 8.60. The maximum Gasteiger partial charge on any atom is 0.283 e. The van der Waals surface area contributed by atoms with E-state index in [0.29, 0.717) is 48.9 Å². The second-order valence-electron chi connectivity index (χ2n) is 12.7. The lowest BCUT2D eigenvalue weighted by molar-refractivity contribution is -0.438. The lowest BCUT2D eigenvalue weighted by atomic mass is 9.81. The first kappa shape index (κ1) is 36.6. The average molecular weight is 713 g/mol. The number of hydrogen-bond acceptors (Lipinski definition) is 8. The van der Waals surface area contributed by atoms with Gasteiger partial charge < -0.3 is 9.45 Å². The number of nitrogens with one attached hydrogen (secondary N) is 1. The van der Waals surface area contributed by atoms with Crippen LogP contribution in [0, 0.1) is 0 Å². The zero-order valence-corrected chi connectivity index (χ0v) is 30.1. The summed E-state index contributed by atoms with van der Waals surface area (Å²) < 4.78 is 64.9. The second-order valence-corrected chi connectivity index (χ2v) is 16.8. The minimum absolute atomic E-state index is 0.0851. The van der Waals surface area contributed by atoms with Crippen LogP contribution in [0.4, 0.5) is 11.4 Å². The van der Waals surface area contributed by atoms with Gasteiger partial charge in [0, 0.05) is 69.8 Å². The van der Waals surface area contributed by atoms with Gasteiger partial charge in [0.05, 0.1) is 21.3 Å². The number of rotatable bonds is 15. The van der Waals surface area contributed by atoms with Crippen LogP contribution in [0.3, 0.4) is 0 Å². The number of hydroxylamine groups is 1. The summed E-state index contributed by atoms with van der Waals surface area (Å²) in [4.78, 5) is 2.18. The lowest BCUT2D eigenvalue weighted by Crippen LogP contribution is -2.28. The van der Waals surface area contributed by atoms with E-state index in [0.717, 1.165) is 33.9 Å². The van der Waals surface area contributed by atoms with Gasteiger partial charge in [0.2, 0.25) is 5.69 Å². The van der Waals surface area contributed by atoms with Gasteiger partial charge in [-0.3, -0.25) is 0 Å². The van der Waals surface area contributed by atoms with E-state index in [2.05, 4.69) is 54.8 Å². The third kappa shape index (κ3) is 8.42. The summed E-state index contributed by atoms with van der Waals surface area (Å²) in [7, 11) is -7.93. The molecule has 0 bridgehead atoms. The lowest BCUT2D eigenvalue weighted by Gasteiger charge is -2.27. The summed E-state index contributed by atoms with van der Waals surface area (Å²) in [6.07, 6.45) is 8.09. The molecule has 0 radical (unpaired) electrons. The summed E-state index contributed by atoms with van der Waals surface area (Å²) in [6, 6.07) is 11.7. The fourth-order valence-corrected chi connectivity index (χ4v) is 8.14. The van der Waals surface area contributed by atoms with Crippen molar-refractivity contribution < 1.29 is 30.2 Å². The molecule has 0 saturated carbocycles. The number of benzene rings is 2. The van der Waals surface area contributed by atoms with Gasteiger partial charge >= 0.3 is 0 Å². The van der Waals surface area contributed by atoms with E-state index in [1.54, 1.807) is 6.92 Å². The van der Waals surface area contributed by atoms with Crippen LogP contribution in [0.5, 0.6) is 0 Å². The van der Waals surface area contributed by atoms with Crippen molar-refractivity contribution in [3.8, 4) is 0 Å². The van der Waals surface area contributed by atoms with Crippen molar-refractivity contribution in [2.75, 3.05) is 36.0 Å². The molecule has 0 fully saturated rings. The molecule has 2 aromatic rings. The zero-order chi connectivity index (χ0) is 33.9. The predicted molar refractivity (Wildman–Crippen MR) is 185 cm³/mol. The highest BCUT2D eigenvalue weighted by Gasteiger charge is 2.44. The molecule has 2 aliphatic heterocycles. The molecule has 0 unspecified atom stereocenters. The Bertz CT molecular complexity index is 1770. The van der Waals surface area contributed by atoms with E-state index in [9.17, 15) is 21.4 Å². The molecule has 1 N–H and O–H groups in total. The molecule has 0 atom stereocenters. The molecule has 2 aliphatic rings. The van der Waals surface area contributed by atoms with E-state index in [4.69, 9.17) is 27.5 Å². The van der Waals surface area contributed by atoms with Crippen molar-refractivity contribution in [2.45, 2.75) is 71.1 Å². The topological polar surface area (TPSA) is 119 Å². The molecular formula is C33H43Cl2N3O6S2. The van der Waals surface area contributed by atoms with Crippen molar-refractivity contribution in [1.29, 1.82) is 0 Å². The van der Waals surface area contributed by atoms with E-state index >= 15 is 0 Å². The summed E-state index contributed by atoms with van der Waals surface area (Å²) in [5, 5.41) is 1.28. The summed E-state index contributed by atoms with van der Waals surface area (Å²) in [5.74, 6) is -0.475. The van der Waals surface area contributed by atoms with Crippen molar-refractivity contribution >= 4 is 60.5 Å². The highest BCUT2D eigenvalue weighted by atomic mass is 35.5. The van der Waals surface area contributed by atoms with Crippen LogP contribution in [0.25, 0.3) is 0 Å². The Kier molecular flexibility index (Phi) is 11.5. The maximum absolute atomic E-state index is 12.2. The van der Waals surface area contributed by atoms with Gasteiger partial charge in [-0.15, -0.1) is 0 Å². The van der Waals surface area contributed by atoms with Crippen LogP contribution in [0.2, 0.25) is 10.0 Å². The number of halogens is 2. The number of unbranched alkanes of at least 4 members (excludes halogenated alkanes) is 2. The minimum Gasteiger partial charge on any atom is -0.748 e. The molecule has 0 spiro atoms. The predicted octanol–water partition coefficient (Wildman–Crippen LogP) is 6.58. The van der Waals surface area contributed by atoms with Gasteiger partial charge in [-0.05, 0) is 75.1 Å². The van der Waals surface area contributed by atoms with E-state index in [1.165, 1.54) is 0 Å². The first-order valence-electron chi connectivity index (χ1n) is 15.5. The Balaban J connectivity index is 1.65. The van der Waals surface area contributed by atoms with Gasteiger partial charge in [0.15, 0.2) is 5.71 Å². The van der Waals surface area contributed by atoms with Crippen LogP contribution in [-0.2, 0) is 35.4 Å². The molecule has 9 nitrogen and oxygen atoms in total. The molecule has 4 rings (SSSR count). The second kappa shape index (κ2) is 14.5. The molecule has 252 valence electrons. The average Bonchev–Trinajstić information content (AvgIpc) is 3.30. The van der Waals surface area contributed by atoms with Crippen molar-refractivity contribution in [3.05, 3.63) is 81.5 Å². The molecule has 2 aromatic carbocycles. The zero-order valence-electron chi connectivity index (χ0n) is 27.0. The van der Waals surface area contributed by atoms with Gasteiger partial charge in [-0.25, -0.2) is 8.42 Å². The third-order valence-corrected chi connectivity index (χ3v) is 11.0. The molecule has 13 heteroatoms. The van der Waals surface area contributed by atoms with Crippen molar-refractivity contribution in [2.24, 2.45) is 0 Å². The Morgan fingerprint density at radius 1 is 0.913 bits per heavy atom. The number of fused-ring (bicyclic) bond motifs is 2. The largest absolute Gasteiger partial charge is 0.748 e. The van der Waals surface area contributed by atoms with Crippen LogP contribution < -0.4 is 10.4 Å². The number of nitrogens with zero attached hydrogens (tertiary/aromatic N) is 2. The Hall–Kier alpha value is -2.25. The maximum atomic E-state index is 12.2. The Morgan fingerprint density at radius 3 is 2.24 bits per heavy atom.